The molecule has 2 aliphatic heterocycles. The van der Waals surface area contributed by atoms with E-state index in [1.807, 2.05) is 29.2 Å². The third-order valence-electron chi connectivity index (χ3n) is 4.17. The molecular formula is C16H18N2O2. The summed E-state index contributed by atoms with van der Waals surface area (Å²) in [6, 6.07) is 10.1. The smallest absolute Gasteiger partial charge is 0.230 e. The molecule has 2 unspecified atom stereocenters. The van der Waals surface area contributed by atoms with E-state index in [9.17, 15) is 4.79 Å². The molecule has 0 aromatic heterocycles. The van der Waals surface area contributed by atoms with E-state index in [1.165, 1.54) is 0 Å². The lowest BCUT2D eigenvalue weighted by Gasteiger charge is -2.34. The summed E-state index contributed by atoms with van der Waals surface area (Å²) in [4.78, 5) is 14.6. The molecule has 1 aromatic carbocycles. The van der Waals surface area contributed by atoms with Crippen LogP contribution in [0.15, 0.2) is 24.3 Å². The van der Waals surface area contributed by atoms with Gasteiger partial charge < -0.3 is 9.64 Å². The molecule has 1 amide bonds. The molecule has 1 fully saturated rings. The molecule has 0 bridgehead atoms. The molecule has 0 N–H and O–H groups in total. The number of hydrogen-bond donors (Lipinski definition) is 0. The number of carbonyl (C=O) groups is 1. The molecule has 104 valence electrons. The fourth-order valence-electron chi connectivity index (χ4n) is 3.10. The second kappa shape index (κ2) is 5.54. The van der Waals surface area contributed by atoms with Gasteiger partial charge in [0, 0.05) is 18.7 Å². The van der Waals surface area contributed by atoms with E-state index in [1.54, 1.807) is 0 Å². The average Bonchev–Trinajstić information content (AvgIpc) is 2.53. The number of rotatable bonds is 1. The van der Waals surface area contributed by atoms with Crippen LogP contribution in [0.2, 0.25) is 0 Å². The Labute approximate surface area is 118 Å². The fraction of sp³-hybridized carbons (Fsp3) is 0.500. The Balaban J connectivity index is 1.80. The third kappa shape index (κ3) is 2.36. The molecular weight excluding hydrogens is 252 g/mol. The van der Waals surface area contributed by atoms with Crippen LogP contribution in [-0.4, -0.2) is 30.5 Å². The topological polar surface area (TPSA) is 53.3 Å². The molecule has 2 heterocycles. The predicted molar refractivity (Wildman–Crippen MR) is 74.2 cm³/mol. The zero-order chi connectivity index (χ0) is 13.9. The summed E-state index contributed by atoms with van der Waals surface area (Å²) in [5.74, 6) is 0.854. The minimum Gasteiger partial charge on any atom is -0.493 e. The van der Waals surface area contributed by atoms with Crippen LogP contribution in [0.25, 0.3) is 0 Å². The van der Waals surface area contributed by atoms with E-state index < -0.39 is 0 Å². The Kier molecular flexibility index (Phi) is 3.60. The Morgan fingerprint density at radius 2 is 2.20 bits per heavy atom. The van der Waals surface area contributed by atoms with E-state index in [-0.39, 0.29) is 17.7 Å². The molecule has 0 saturated carbocycles. The number of para-hydroxylation sites is 1. The van der Waals surface area contributed by atoms with Gasteiger partial charge in [0.25, 0.3) is 0 Å². The van der Waals surface area contributed by atoms with Gasteiger partial charge in [-0.3, -0.25) is 4.79 Å². The van der Waals surface area contributed by atoms with Crippen molar-refractivity contribution in [3.63, 3.8) is 0 Å². The Bertz CT molecular complexity index is 550. The SMILES string of the molecule is N#CC1CCCN(C(=O)C2CCOc3ccccc32)C1. The van der Waals surface area contributed by atoms with Crippen molar-refractivity contribution in [3.05, 3.63) is 29.8 Å². The quantitative estimate of drug-likeness (QED) is 0.787. The van der Waals surface area contributed by atoms with Crippen LogP contribution >= 0.6 is 0 Å². The summed E-state index contributed by atoms with van der Waals surface area (Å²) < 4.78 is 5.61. The van der Waals surface area contributed by atoms with Gasteiger partial charge in [0.15, 0.2) is 0 Å². The van der Waals surface area contributed by atoms with Crippen LogP contribution in [-0.2, 0) is 4.79 Å². The maximum absolute atomic E-state index is 12.7. The molecule has 2 aliphatic rings. The van der Waals surface area contributed by atoms with Crippen LogP contribution in [0.4, 0.5) is 0 Å². The first-order valence-corrected chi connectivity index (χ1v) is 7.19. The number of carbonyl (C=O) groups excluding carboxylic acids is 1. The van der Waals surface area contributed by atoms with Crippen molar-refractivity contribution in [3.8, 4) is 11.8 Å². The van der Waals surface area contributed by atoms with Gasteiger partial charge in [-0.05, 0) is 25.3 Å². The Hall–Kier alpha value is -2.02. The summed E-state index contributed by atoms with van der Waals surface area (Å²) in [7, 11) is 0. The van der Waals surface area contributed by atoms with Gasteiger partial charge in [-0.15, -0.1) is 0 Å². The first-order valence-electron chi connectivity index (χ1n) is 7.19. The van der Waals surface area contributed by atoms with E-state index >= 15 is 0 Å². The number of likely N-dealkylation sites (tertiary alicyclic amines) is 1. The highest BCUT2D eigenvalue weighted by molar-refractivity contribution is 5.85. The van der Waals surface area contributed by atoms with Gasteiger partial charge in [-0.1, -0.05) is 18.2 Å². The van der Waals surface area contributed by atoms with Gasteiger partial charge >= 0.3 is 0 Å². The van der Waals surface area contributed by atoms with E-state index in [4.69, 9.17) is 10.00 Å². The minimum atomic E-state index is -0.114. The van der Waals surface area contributed by atoms with Crippen molar-refractivity contribution >= 4 is 5.91 Å². The van der Waals surface area contributed by atoms with E-state index in [0.29, 0.717) is 13.2 Å². The lowest BCUT2D eigenvalue weighted by Crippen LogP contribution is -2.43. The van der Waals surface area contributed by atoms with Crippen molar-refractivity contribution in [2.75, 3.05) is 19.7 Å². The minimum absolute atomic E-state index is 0.0113. The number of hydrogen-bond acceptors (Lipinski definition) is 3. The molecule has 4 heteroatoms. The first-order chi connectivity index (χ1) is 9.79. The molecule has 1 saturated heterocycles. The van der Waals surface area contributed by atoms with E-state index in [2.05, 4.69) is 6.07 Å². The fourth-order valence-corrected chi connectivity index (χ4v) is 3.10. The summed E-state index contributed by atoms with van der Waals surface area (Å²) in [6.45, 7) is 1.94. The third-order valence-corrected chi connectivity index (χ3v) is 4.17. The molecule has 3 rings (SSSR count). The highest BCUT2D eigenvalue weighted by Gasteiger charge is 2.33. The standard InChI is InChI=1S/C16H18N2O2/c17-10-12-4-3-8-18(11-12)16(19)14-7-9-20-15-6-2-1-5-13(14)15/h1-2,5-6,12,14H,3-4,7-9,11H2. The van der Waals surface area contributed by atoms with Gasteiger partial charge in [-0.2, -0.15) is 5.26 Å². The average molecular weight is 270 g/mol. The Morgan fingerprint density at radius 1 is 1.35 bits per heavy atom. The van der Waals surface area contributed by atoms with Gasteiger partial charge in [-0.25, -0.2) is 0 Å². The predicted octanol–water partition coefficient (Wildman–Crippen LogP) is 2.31. The molecule has 0 radical (unpaired) electrons. The number of amides is 1. The number of benzene rings is 1. The summed E-state index contributed by atoms with van der Waals surface area (Å²) in [5.41, 5.74) is 0.989. The summed E-state index contributed by atoms with van der Waals surface area (Å²) in [6.07, 6.45) is 2.56. The van der Waals surface area contributed by atoms with Gasteiger partial charge in [0.1, 0.15) is 5.75 Å². The monoisotopic (exact) mass is 270 g/mol. The van der Waals surface area contributed by atoms with Crippen molar-refractivity contribution in [2.45, 2.75) is 25.2 Å². The molecule has 4 nitrogen and oxygen atoms in total. The molecule has 0 aliphatic carbocycles. The van der Waals surface area contributed by atoms with E-state index in [0.717, 1.165) is 37.1 Å². The lowest BCUT2D eigenvalue weighted by molar-refractivity contribution is -0.134. The zero-order valence-corrected chi connectivity index (χ0v) is 11.4. The second-order valence-corrected chi connectivity index (χ2v) is 5.48. The molecule has 2 atom stereocenters. The molecule has 1 aromatic rings. The second-order valence-electron chi connectivity index (χ2n) is 5.48. The highest BCUT2D eigenvalue weighted by atomic mass is 16.5. The first kappa shape index (κ1) is 13.0. The van der Waals surface area contributed by atoms with Crippen LogP contribution < -0.4 is 4.74 Å². The number of nitrogens with zero attached hydrogens (tertiary/aromatic N) is 2. The van der Waals surface area contributed by atoms with Gasteiger partial charge in [0.2, 0.25) is 5.91 Å². The number of fused-ring (bicyclic) bond motifs is 1. The summed E-state index contributed by atoms with van der Waals surface area (Å²) in [5, 5.41) is 9.05. The van der Waals surface area contributed by atoms with Crippen molar-refractivity contribution in [1.82, 2.24) is 4.90 Å². The van der Waals surface area contributed by atoms with Crippen molar-refractivity contribution in [2.24, 2.45) is 5.92 Å². The van der Waals surface area contributed by atoms with Crippen LogP contribution in [0.1, 0.15) is 30.7 Å². The van der Waals surface area contributed by atoms with Crippen molar-refractivity contribution < 1.29 is 9.53 Å². The maximum atomic E-state index is 12.7. The van der Waals surface area contributed by atoms with Gasteiger partial charge in [0.05, 0.1) is 24.5 Å². The maximum Gasteiger partial charge on any atom is 0.230 e. The summed E-state index contributed by atoms with van der Waals surface area (Å²) >= 11 is 0. The lowest BCUT2D eigenvalue weighted by atomic mass is 9.90. The zero-order valence-electron chi connectivity index (χ0n) is 11.4. The molecule has 20 heavy (non-hydrogen) atoms. The molecule has 0 spiro atoms. The van der Waals surface area contributed by atoms with Crippen LogP contribution in [0.5, 0.6) is 5.75 Å². The van der Waals surface area contributed by atoms with Crippen molar-refractivity contribution in [1.29, 1.82) is 5.26 Å². The van der Waals surface area contributed by atoms with Crippen LogP contribution in [0.3, 0.4) is 0 Å². The number of nitriles is 1. The normalized spacial score (nSPS) is 25.2. The van der Waals surface area contributed by atoms with Crippen LogP contribution in [0, 0.1) is 17.2 Å². The number of piperidine rings is 1. The number of ether oxygens (including phenoxy) is 1. The highest BCUT2D eigenvalue weighted by Crippen LogP contribution is 2.35. The largest absolute Gasteiger partial charge is 0.493 e. The Morgan fingerprint density at radius 3 is 3.05 bits per heavy atom.